The highest BCUT2D eigenvalue weighted by atomic mass is 16.5. The summed E-state index contributed by atoms with van der Waals surface area (Å²) in [5.41, 5.74) is 0. The standard InChI is InChI=1S/C15H24N4O3/c1-2-16-15(20)19-8-4-3-5-12(19)14-18-17-13(22-14)11-6-9-21-10-7-11/h11-12H,2-10H2,1H3,(H,16,20). The summed E-state index contributed by atoms with van der Waals surface area (Å²) in [5, 5.41) is 11.3. The largest absolute Gasteiger partial charge is 0.423 e. The van der Waals surface area contributed by atoms with E-state index >= 15 is 0 Å². The summed E-state index contributed by atoms with van der Waals surface area (Å²) < 4.78 is 11.3. The molecule has 1 N–H and O–H groups in total. The Hall–Kier alpha value is -1.63. The van der Waals surface area contributed by atoms with Gasteiger partial charge >= 0.3 is 6.03 Å². The average molecular weight is 308 g/mol. The molecule has 122 valence electrons. The van der Waals surface area contributed by atoms with E-state index < -0.39 is 0 Å². The fourth-order valence-electron chi connectivity index (χ4n) is 3.17. The number of carbonyl (C=O) groups excluding carboxylic acids is 1. The molecule has 3 rings (SSSR count). The topological polar surface area (TPSA) is 80.5 Å². The maximum Gasteiger partial charge on any atom is 0.318 e. The molecule has 1 aromatic rings. The van der Waals surface area contributed by atoms with Crippen molar-refractivity contribution in [1.82, 2.24) is 20.4 Å². The van der Waals surface area contributed by atoms with Gasteiger partial charge in [-0.2, -0.15) is 0 Å². The zero-order valence-corrected chi connectivity index (χ0v) is 13.1. The number of hydrogen-bond donors (Lipinski definition) is 1. The van der Waals surface area contributed by atoms with Crippen LogP contribution in [-0.4, -0.2) is 47.4 Å². The van der Waals surface area contributed by atoms with Gasteiger partial charge in [-0.3, -0.25) is 0 Å². The predicted molar refractivity (Wildman–Crippen MR) is 79.5 cm³/mol. The Bertz CT molecular complexity index is 499. The molecule has 0 radical (unpaired) electrons. The molecule has 2 fully saturated rings. The Morgan fingerprint density at radius 3 is 2.77 bits per heavy atom. The number of amides is 2. The number of nitrogens with zero attached hydrogens (tertiary/aromatic N) is 3. The van der Waals surface area contributed by atoms with Crippen LogP contribution in [0.5, 0.6) is 0 Å². The number of hydrogen-bond acceptors (Lipinski definition) is 5. The van der Waals surface area contributed by atoms with E-state index in [1.807, 2.05) is 11.8 Å². The summed E-state index contributed by atoms with van der Waals surface area (Å²) in [6, 6.07) is -0.139. The average Bonchev–Trinajstić information content (AvgIpc) is 3.06. The summed E-state index contributed by atoms with van der Waals surface area (Å²) in [4.78, 5) is 14.0. The van der Waals surface area contributed by atoms with Crippen molar-refractivity contribution in [2.24, 2.45) is 0 Å². The third-order valence-electron chi connectivity index (χ3n) is 4.40. The quantitative estimate of drug-likeness (QED) is 0.926. The van der Waals surface area contributed by atoms with Crippen LogP contribution in [0, 0.1) is 0 Å². The van der Waals surface area contributed by atoms with Gasteiger partial charge in [0.1, 0.15) is 6.04 Å². The number of urea groups is 1. The first kappa shape index (κ1) is 15.3. The molecule has 0 aliphatic carbocycles. The van der Waals surface area contributed by atoms with Crippen molar-refractivity contribution < 1.29 is 13.9 Å². The van der Waals surface area contributed by atoms with Crippen LogP contribution in [0.25, 0.3) is 0 Å². The van der Waals surface area contributed by atoms with E-state index in [-0.39, 0.29) is 18.0 Å². The van der Waals surface area contributed by atoms with Crippen LogP contribution >= 0.6 is 0 Å². The number of aromatic nitrogens is 2. The molecule has 2 saturated heterocycles. The molecule has 0 aromatic carbocycles. The molecule has 7 heteroatoms. The lowest BCUT2D eigenvalue weighted by atomic mass is 10.0. The number of ether oxygens (including phenoxy) is 1. The van der Waals surface area contributed by atoms with Gasteiger partial charge in [0.15, 0.2) is 0 Å². The molecule has 0 saturated carbocycles. The minimum Gasteiger partial charge on any atom is -0.423 e. The molecule has 1 unspecified atom stereocenters. The molecule has 0 bridgehead atoms. The minimum absolute atomic E-state index is 0.0435. The molecule has 2 aliphatic heterocycles. The third-order valence-corrected chi connectivity index (χ3v) is 4.40. The lowest BCUT2D eigenvalue weighted by Gasteiger charge is -2.33. The van der Waals surface area contributed by atoms with Crippen molar-refractivity contribution in [2.45, 2.75) is 51.0 Å². The van der Waals surface area contributed by atoms with Crippen molar-refractivity contribution in [3.8, 4) is 0 Å². The van der Waals surface area contributed by atoms with Crippen LogP contribution in [0.2, 0.25) is 0 Å². The second-order valence-corrected chi connectivity index (χ2v) is 5.91. The minimum atomic E-state index is -0.0959. The van der Waals surface area contributed by atoms with Crippen LogP contribution in [0.4, 0.5) is 4.79 Å². The Labute approximate surface area is 130 Å². The van der Waals surface area contributed by atoms with Crippen LogP contribution in [0.1, 0.15) is 62.8 Å². The van der Waals surface area contributed by atoms with Crippen LogP contribution in [0.3, 0.4) is 0 Å². The highest BCUT2D eigenvalue weighted by Gasteiger charge is 2.32. The molecule has 7 nitrogen and oxygen atoms in total. The van der Waals surface area contributed by atoms with Gasteiger partial charge in [-0.05, 0) is 39.0 Å². The molecular weight excluding hydrogens is 284 g/mol. The molecule has 22 heavy (non-hydrogen) atoms. The van der Waals surface area contributed by atoms with E-state index in [4.69, 9.17) is 9.15 Å². The normalized spacial score (nSPS) is 23.5. The maximum absolute atomic E-state index is 12.2. The Kier molecular flexibility index (Phi) is 4.92. The van der Waals surface area contributed by atoms with Gasteiger partial charge in [0, 0.05) is 32.2 Å². The summed E-state index contributed by atoms with van der Waals surface area (Å²) in [6.07, 6.45) is 4.83. The number of piperidine rings is 1. The Morgan fingerprint density at radius 1 is 1.23 bits per heavy atom. The number of nitrogens with one attached hydrogen (secondary N) is 1. The molecule has 1 atom stereocenters. The van der Waals surface area contributed by atoms with Gasteiger partial charge in [0.25, 0.3) is 0 Å². The molecule has 0 spiro atoms. The summed E-state index contributed by atoms with van der Waals surface area (Å²) in [6.45, 7) is 4.78. The summed E-state index contributed by atoms with van der Waals surface area (Å²) in [7, 11) is 0. The molecular formula is C15H24N4O3. The van der Waals surface area contributed by atoms with E-state index in [0.29, 0.717) is 18.3 Å². The van der Waals surface area contributed by atoms with E-state index in [0.717, 1.165) is 51.9 Å². The smallest absolute Gasteiger partial charge is 0.318 e. The van der Waals surface area contributed by atoms with E-state index in [2.05, 4.69) is 15.5 Å². The zero-order chi connectivity index (χ0) is 15.4. The second-order valence-electron chi connectivity index (χ2n) is 5.91. The molecule has 3 heterocycles. The monoisotopic (exact) mass is 308 g/mol. The highest BCUT2D eigenvalue weighted by Crippen LogP contribution is 2.32. The third kappa shape index (κ3) is 3.24. The zero-order valence-electron chi connectivity index (χ0n) is 13.1. The van der Waals surface area contributed by atoms with Crippen LogP contribution in [0.15, 0.2) is 4.42 Å². The van der Waals surface area contributed by atoms with E-state index in [1.165, 1.54) is 0 Å². The van der Waals surface area contributed by atoms with Gasteiger partial charge in [0.05, 0.1) is 0 Å². The first-order valence-electron chi connectivity index (χ1n) is 8.25. The fourth-order valence-corrected chi connectivity index (χ4v) is 3.17. The van der Waals surface area contributed by atoms with Gasteiger partial charge in [-0.25, -0.2) is 4.79 Å². The lowest BCUT2D eigenvalue weighted by Crippen LogP contribution is -2.44. The molecule has 2 amide bonds. The van der Waals surface area contributed by atoms with Gasteiger partial charge in [-0.15, -0.1) is 10.2 Å². The Morgan fingerprint density at radius 2 is 2.00 bits per heavy atom. The van der Waals surface area contributed by atoms with Crippen molar-refractivity contribution in [3.05, 3.63) is 11.8 Å². The van der Waals surface area contributed by atoms with Crippen molar-refractivity contribution >= 4 is 6.03 Å². The number of rotatable bonds is 3. The van der Waals surface area contributed by atoms with E-state index in [9.17, 15) is 4.79 Å². The fraction of sp³-hybridized carbons (Fsp3) is 0.800. The Balaban J connectivity index is 1.73. The SMILES string of the molecule is CCNC(=O)N1CCCCC1c1nnc(C2CCOCC2)o1. The summed E-state index contributed by atoms with van der Waals surface area (Å²) >= 11 is 0. The van der Waals surface area contributed by atoms with Gasteiger partial charge in [0.2, 0.25) is 11.8 Å². The molecule has 1 aromatic heterocycles. The first-order chi connectivity index (χ1) is 10.8. The number of carbonyl (C=O) groups is 1. The first-order valence-corrected chi connectivity index (χ1v) is 8.25. The van der Waals surface area contributed by atoms with Crippen LogP contribution < -0.4 is 5.32 Å². The van der Waals surface area contributed by atoms with Gasteiger partial charge < -0.3 is 19.4 Å². The highest BCUT2D eigenvalue weighted by molar-refractivity contribution is 5.74. The maximum atomic E-state index is 12.2. The van der Waals surface area contributed by atoms with Crippen molar-refractivity contribution in [1.29, 1.82) is 0 Å². The lowest BCUT2D eigenvalue weighted by molar-refractivity contribution is 0.0780. The van der Waals surface area contributed by atoms with Crippen molar-refractivity contribution in [3.63, 3.8) is 0 Å². The van der Waals surface area contributed by atoms with Crippen LogP contribution in [-0.2, 0) is 4.74 Å². The van der Waals surface area contributed by atoms with Gasteiger partial charge in [-0.1, -0.05) is 0 Å². The van der Waals surface area contributed by atoms with Crippen molar-refractivity contribution in [2.75, 3.05) is 26.3 Å². The predicted octanol–water partition coefficient (Wildman–Crippen LogP) is 2.22. The molecule has 2 aliphatic rings. The van der Waals surface area contributed by atoms with E-state index in [1.54, 1.807) is 0 Å². The number of likely N-dealkylation sites (tertiary alicyclic amines) is 1. The summed E-state index contributed by atoms with van der Waals surface area (Å²) in [5.74, 6) is 1.56. The second kappa shape index (κ2) is 7.09.